The molecule has 0 aliphatic carbocycles. The minimum atomic E-state index is -0.801. The highest BCUT2D eigenvalue weighted by Gasteiger charge is 2.19. The van der Waals surface area contributed by atoms with Crippen molar-refractivity contribution in [1.29, 1.82) is 0 Å². The number of ether oxygens (including phenoxy) is 3. The molecule has 0 fully saturated rings. The Bertz CT molecular complexity index is 1260. The summed E-state index contributed by atoms with van der Waals surface area (Å²) in [6.07, 6.45) is 73.8. The molecular formula is C64H114O6. The summed E-state index contributed by atoms with van der Waals surface area (Å²) in [7, 11) is 0. The average molecular weight is 980 g/mol. The third-order valence-electron chi connectivity index (χ3n) is 13.3. The number of hydrogen-bond donors (Lipinski definition) is 0. The zero-order chi connectivity index (χ0) is 50.7. The summed E-state index contributed by atoms with van der Waals surface area (Å²) in [6, 6.07) is 0. The smallest absolute Gasteiger partial charge is 0.306 e. The van der Waals surface area contributed by atoms with Crippen LogP contribution in [0.15, 0.2) is 60.8 Å². The number of unbranched alkanes of at least 4 members (excludes halogenated alkanes) is 34. The molecule has 0 spiro atoms. The molecule has 6 heteroatoms. The van der Waals surface area contributed by atoms with E-state index in [2.05, 4.69) is 75.5 Å². The second-order valence-corrected chi connectivity index (χ2v) is 20.3. The number of carbonyl (C=O) groups excluding carboxylic acids is 3. The molecule has 0 unspecified atom stereocenters. The Morgan fingerprint density at radius 1 is 0.286 bits per heavy atom. The van der Waals surface area contributed by atoms with Gasteiger partial charge in [0.05, 0.1) is 0 Å². The Kier molecular flexibility index (Phi) is 56.3. The molecule has 0 rings (SSSR count). The van der Waals surface area contributed by atoms with Crippen molar-refractivity contribution in [2.75, 3.05) is 13.2 Å². The summed E-state index contributed by atoms with van der Waals surface area (Å²) in [5.74, 6) is -0.964. The lowest BCUT2D eigenvalue weighted by Crippen LogP contribution is -2.30. The van der Waals surface area contributed by atoms with Crippen LogP contribution in [0.25, 0.3) is 0 Å². The van der Waals surface area contributed by atoms with E-state index in [9.17, 15) is 14.4 Å². The van der Waals surface area contributed by atoms with Crippen molar-refractivity contribution < 1.29 is 28.6 Å². The van der Waals surface area contributed by atoms with E-state index in [0.29, 0.717) is 19.3 Å². The van der Waals surface area contributed by atoms with Gasteiger partial charge in [0.25, 0.3) is 0 Å². The van der Waals surface area contributed by atoms with Crippen molar-refractivity contribution >= 4 is 17.9 Å². The van der Waals surface area contributed by atoms with Crippen LogP contribution in [-0.2, 0) is 28.6 Å². The van der Waals surface area contributed by atoms with E-state index in [-0.39, 0.29) is 37.5 Å². The van der Waals surface area contributed by atoms with Gasteiger partial charge in [-0.2, -0.15) is 0 Å². The maximum absolute atomic E-state index is 12.9. The van der Waals surface area contributed by atoms with E-state index in [1.165, 1.54) is 199 Å². The second kappa shape index (κ2) is 58.7. The van der Waals surface area contributed by atoms with Crippen molar-refractivity contribution in [2.24, 2.45) is 0 Å². The lowest BCUT2D eigenvalue weighted by molar-refractivity contribution is -0.166. The SMILES string of the molecule is CCCCC/C=C\C/C=C\C/C=C\C/C=C\C/C=C\CCC(=O)OC[C@H](COC(=O)CCCCCCCCCCCCCC)OC(=O)CCCCCCCCCCCCCCCCCCCCCCC. The molecule has 0 radical (unpaired) electrons. The van der Waals surface area contributed by atoms with Gasteiger partial charge in [0.1, 0.15) is 13.2 Å². The quantitative estimate of drug-likeness (QED) is 0.0261. The molecule has 0 bridgehead atoms. The first-order valence-corrected chi connectivity index (χ1v) is 30.3. The normalized spacial score (nSPS) is 12.4. The van der Waals surface area contributed by atoms with Crippen LogP contribution in [0.1, 0.15) is 310 Å². The highest BCUT2D eigenvalue weighted by Crippen LogP contribution is 2.17. The second-order valence-electron chi connectivity index (χ2n) is 20.3. The topological polar surface area (TPSA) is 78.9 Å². The van der Waals surface area contributed by atoms with Gasteiger partial charge in [-0.3, -0.25) is 14.4 Å². The molecule has 0 aliphatic heterocycles. The fraction of sp³-hybridized carbons (Fsp3) is 0.797. The minimum absolute atomic E-state index is 0.0929. The molecule has 0 N–H and O–H groups in total. The van der Waals surface area contributed by atoms with E-state index in [1.54, 1.807) is 0 Å². The predicted molar refractivity (Wildman–Crippen MR) is 302 cm³/mol. The summed E-state index contributed by atoms with van der Waals surface area (Å²) in [4.78, 5) is 38.1. The Hall–Kier alpha value is -2.89. The molecule has 70 heavy (non-hydrogen) atoms. The molecule has 0 aromatic rings. The maximum atomic E-state index is 12.9. The van der Waals surface area contributed by atoms with Crippen molar-refractivity contribution in [3.63, 3.8) is 0 Å². The lowest BCUT2D eigenvalue weighted by Gasteiger charge is -2.18. The number of carbonyl (C=O) groups is 3. The van der Waals surface area contributed by atoms with E-state index >= 15 is 0 Å². The van der Waals surface area contributed by atoms with Gasteiger partial charge in [-0.1, -0.05) is 293 Å². The summed E-state index contributed by atoms with van der Waals surface area (Å²) >= 11 is 0. The number of rotatable bonds is 55. The average Bonchev–Trinajstić information content (AvgIpc) is 3.36. The fourth-order valence-corrected chi connectivity index (χ4v) is 8.72. The molecule has 0 aromatic heterocycles. The predicted octanol–water partition coefficient (Wildman–Crippen LogP) is 20.4. The van der Waals surface area contributed by atoms with Crippen LogP contribution in [-0.4, -0.2) is 37.2 Å². The standard InChI is InChI=1S/C64H114O6/c1-4-7-10-13-16-19-22-25-27-29-31-32-34-36-38-40-43-46-49-52-55-58-64(67)70-61(59-68-62(65)56-53-50-47-44-41-24-21-18-15-12-9-6-3)60-69-63(66)57-54-51-48-45-42-39-37-35-33-30-28-26-23-20-17-14-11-8-5-2/h17,20,26,28,33,35,39,42,48,51,61H,4-16,18-19,21-25,27,29-32,34,36-38,40-41,43-47,49-50,52-60H2,1-3H3/b20-17-,28-26-,35-33-,42-39-,51-48-/t61-/m0/s1. The van der Waals surface area contributed by atoms with Gasteiger partial charge >= 0.3 is 17.9 Å². The summed E-state index contributed by atoms with van der Waals surface area (Å²) in [5, 5.41) is 0. The highest BCUT2D eigenvalue weighted by atomic mass is 16.6. The zero-order valence-corrected chi connectivity index (χ0v) is 46.5. The van der Waals surface area contributed by atoms with Crippen LogP contribution in [0, 0.1) is 0 Å². The van der Waals surface area contributed by atoms with Crippen LogP contribution in [0.5, 0.6) is 0 Å². The summed E-state index contributed by atoms with van der Waals surface area (Å²) < 4.78 is 16.8. The molecule has 1 atom stereocenters. The molecule has 0 saturated carbocycles. The Labute approximate surface area is 434 Å². The minimum Gasteiger partial charge on any atom is -0.462 e. The molecule has 406 valence electrons. The van der Waals surface area contributed by atoms with Crippen molar-refractivity contribution in [3.8, 4) is 0 Å². The van der Waals surface area contributed by atoms with Crippen molar-refractivity contribution in [2.45, 2.75) is 316 Å². The number of allylic oxidation sites excluding steroid dienone is 10. The first kappa shape index (κ1) is 67.1. The lowest BCUT2D eigenvalue weighted by atomic mass is 10.0. The molecule has 6 nitrogen and oxygen atoms in total. The number of esters is 3. The van der Waals surface area contributed by atoms with Crippen LogP contribution >= 0.6 is 0 Å². The number of hydrogen-bond acceptors (Lipinski definition) is 6. The van der Waals surface area contributed by atoms with E-state index in [1.807, 2.05) is 6.08 Å². The third-order valence-corrected chi connectivity index (χ3v) is 13.3. The highest BCUT2D eigenvalue weighted by molar-refractivity contribution is 5.71. The van der Waals surface area contributed by atoms with Gasteiger partial charge in [-0.25, -0.2) is 0 Å². The molecular weight excluding hydrogens is 865 g/mol. The maximum Gasteiger partial charge on any atom is 0.306 e. The largest absolute Gasteiger partial charge is 0.462 e. The monoisotopic (exact) mass is 979 g/mol. The van der Waals surface area contributed by atoms with Gasteiger partial charge in [0.15, 0.2) is 6.10 Å². The Morgan fingerprint density at radius 3 is 0.886 bits per heavy atom. The molecule has 0 aromatic carbocycles. The van der Waals surface area contributed by atoms with Gasteiger partial charge in [-0.15, -0.1) is 0 Å². The summed E-state index contributed by atoms with van der Waals surface area (Å²) in [6.45, 7) is 6.58. The first-order chi connectivity index (χ1) is 34.5. The van der Waals surface area contributed by atoms with Crippen molar-refractivity contribution in [1.82, 2.24) is 0 Å². The fourth-order valence-electron chi connectivity index (χ4n) is 8.72. The first-order valence-electron chi connectivity index (χ1n) is 30.3. The van der Waals surface area contributed by atoms with E-state index in [4.69, 9.17) is 14.2 Å². The molecule has 0 heterocycles. The summed E-state index contributed by atoms with van der Waals surface area (Å²) in [5.41, 5.74) is 0. The van der Waals surface area contributed by atoms with Crippen molar-refractivity contribution in [3.05, 3.63) is 60.8 Å². The van der Waals surface area contributed by atoms with Gasteiger partial charge in [-0.05, 0) is 57.8 Å². The van der Waals surface area contributed by atoms with E-state index < -0.39 is 6.10 Å². The molecule has 0 amide bonds. The van der Waals surface area contributed by atoms with Crippen LogP contribution in [0.2, 0.25) is 0 Å². The third kappa shape index (κ3) is 56.0. The van der Waals surface area contributed by atoms with Gasteiger partial charge < -0.3 is 14.2 Å². The molecule has 0 aliphatic rings. The van der Waals surface area contributed by atoms with Gasteiger partial charge in [0.2, 0.25) is 0 Å². The van der Waals surface area contributed by atoms with Crippen LogP contribution in [0.4, 0.5) is 0 Å². The van der Waals surface area contributed by atoms with Crippen LogP contribution in [0.3, 0.4) is 0 Å². The van der Waals surface area contributed by atoms with E-state index in [0.717, 1.165) is 64.2 Å². The van der Waals surface area contributed by atoms with Gasteiger partial charge in [0, 0.05) is 19.3 Å². The molecule has 0 saturated heterocycles. The zero-order valence-electron chi connectivity index (χ0n) is 46.5. The Morgan fingerprint density at radius 2 is 0.543 bits per heavy atom. The van der Waals surface area contributed by atoms with Crippen LogP contribution < -0.4 is 0 Å². The Balaban J connectivity index is 4.39.